The van der Waals surface area contributed by atoms with Crippen LogP contribution in [0.1, 0.15) is 60.7 Å². The van der Waals surface area contributed by atoms with Gasteiger partial charge in [0.2, 0.25) is 5.91 Å². The van der Waals surface area contributed by atoms with Crippen LogP contribution < -0.4 is 10.6 Å². The van der Waals surface area contributed by atoms with Gasteiger partial charge in [0.25, 0.3) is 11.8 Å². The molecule has 0 aromatic heterocycles. The molecule has 1 aliphatic heterocycles. The molecular formula is C24H28ClN3O3. The first kappa shape index (κ1) is 22.8. The molecular weight excluding hydrogens is 414 g/mol. The highest BCUT2D eigenvalue weighted by Gasteiger charge is 2.44. The maximum Gasteiger partial charge on any atom is 0.254 e. The first-order valence-corrected chi connectivity index (χ1v) is 10.9. The molecule has 164 valence electrons. The molecule has 31 heavy (non-hydrogen) atoms. The molecule has 1 atom stereocenters. The maximum absolute atomic E-state index is 13.4. The molecule has 1 unspecified atom stereocenters. The average molecular weight is 442 g/mol. The standard InChI is InChI=1S/C24H28ClN3O3/c1-16(2)26-21(29)18-11-12-19(25)20(15-18)27-23(31)24(3)13-7-8-14-28(24)22(30)17-9-5-4-6-10-17/h4-6,9-12,15-16H,7-8,13-14H2,1-3H3,(H,26,29)(H,27,31). The summed E-state index contributed by atoms with van der Waals surface area (Å²) in [5.74, 6) is -0.735. The summed E-state index contributed by atoms with van der Waals surface area (Å²) in [6.07, 6.45) is 2.22. The molecule has 0 saturated carbocycles. The quantitative estimate of drug-likeness (QED) is 0.716. The van der Waals surface area contributed by atoms with Crippen LogP contribution in [0.25, 0.3) is 0 Å². The van der Waals surface area contributed by atoms with Crippen molar-refractivity contribution in [2.75, 3.05) is 11.9 Å². The highest BCUT2D eigenvalue weighted by molar-refractivity contribution is 6.34. The first-order chi connectivity index (χ1) is 14.7. The van der Waals surface area contributed by atoms with Crippen LogP contribution in [0.2, 0.25) is 5.02 Å². The van der Waals surface area contributed by atoms with Gasteiger partial charge in [-0.1, -0.05) is 29.8 Å². The van der Waals surface area contributed by atoms with Crippen molar-refractivity contribution in [3.63, 3.8) is 0 Å². The lowest BCUT2D eigenvalue weighted by molar-refractivity contribution is -0.127. The summed E-state index contributed by atoms with van der Waals surface area (Å²) in [7, 11) is 0. The van der Waals surface area contributed by atoms with Crippen molar-refractivity contribution in [3.05, 3.63) is 64.7 Å². The second-order valence-corrected chi connectivity index (χ2v) is 8.74. The molecule has 0 radical (unpaired) electrons. The summed E-state index contributed by atoms with van der Waals surface area (Å²) >= 11 is 6.30. The smallest absolute Gasteiger partial charge is 0.254 e. The van der Waals surface area contributed by atoms with E-state index in [-0.39, 0.29) is 23.8 Å². The molecule has 7 heteroatoms. The topological polar surface area (TPSA) is 78.5 Å². The minimum Gasteiger partial charge on any atom is -0.350 e. The number of nitrogens with zero attached hydrogens (tertiary/aromatic N) is 1. The number of anilines is 1. The summed E-state index contributed by atoms with van der Waals surface area (Å²) in [5, 5.41) is 6.01. The highest BCUT2D eigenvalue weighted by atomic mass is 35.5. The number of piperidine rings is 1. The van der Waals surface area contributed by atoms with E-state index in [0.29, 0.717) is 34.8 Å². The Balaban J connectivity index is 1.85. The first-order valence-electron chi connectivity index (χ1n) is 10.5. The number of amides is 3. The molecule has 2 aromatic carbocycles. The lowest BCUT2D eigenvalue weighted by Gasteiger charge is -2.43. The van der Waals surface area contributed by atoms with Crippen LogP contribution in [-0.2, 0) is 4.79 Å². The van der Waals surface area contributed by atoms with Gasteiger partial charge < -0.3 is 15.5 Å². The number of nitrogens with one attached hydrogen (secondary N) is 2. The third-order valence-corrected chi connectivity index (χ3v) is 5.87. The molecule has 3 amide bonds. The van der Waals surface area contributed by atoms with Gasteiger partial charge in [-0.25, -0.2) is 0 Å². The van der Waals surface area contributed by atoms with E-state index in [1.807, 2.05) is 32.0 Å². The third-order valence-electron chi connectivity index (χ3n) is 5.54. The Morgan fingerprint density at radius 2 is 1.74 bits per heavy atom. The van der Waals surface area contributed by atoms with E-state index in [4.69, 9.17) is 11.6 Å². The van der Waals surface area contributed by atoms with Crippen molar-refractivity contribution >= 4 is 35.0 Å². The average Bonchev–Trinajstić information content (AvgIpc) is 2.75. The Morgan fingerprint density at radius 3 is 2.42 bits per heavy atom. The van der Waals surface area contributed by atoms with E-state index in [0.717, 1.165) is 12.8 Å². The van der Waals surface area contributed by atoms with Crippen molar-refractivity contribution in [3.8, 4) is 0 Å². The van der Waals surface area contributed by atoms with Crippen LogP contribution in [0, 0.1) is 0 Å². The van der Waals surface area contributed by atoms with Crippen molar-refractivity contribution < 1.29 is 14.4 Å². The normalized spacial score (nSPS) is 18.5. The summed E-state index contributed by atoms with van der Waals surface area (Å²) in [5.41, 5.74) is 0.278. The monoisotopic (exact) mass is 441 g/mol. The Bertz CT molecular complexity index is 977. The van der Waals surface area contributed by atoms with Gasteiger partial charge in [0.05, 0.1) is 10.7 Å². The Hall–Kier alpha value is -2.86. The van der Waals surface area contributed by atoms with Crippen molar-refractivity contribution in [1.82, 2.24) is 10.2 Å². The molecule has 2 aromatic rings. The van der Waals surface area contributed by atoms with Crippen LogP contribution in [-0.4, -0.2) is 40.7 Å². The van der Waals surface area contributed by atoms with Gasteiger partial charge in [-0.05, 0) is 70.4 Å². The number of hydrogen-bond donors (Lipinski definition) is 2. The largest absolute Gasteiger partial charge is 0.350 e. The van der Waals surface area contributed by atoms with Gasteiger partial charge >= 0.3 is 0 Å². The highest BCUT2D eigenvalue weighted by Crippen LogP contribution is 2.32. The number of carbonyl (C=O) groups excluding carboxylic acids is 3. The Labute approximate surface area is 188 Å². The number of hydrogen-bond acceptors (Lipinski definition) is 3. The number of likely N-dealkylation sites (tertiary alicyclic amines) is 1. The molecule has 0 spiro atoms. The molecule has 1 saturated heterocycles. The van der Waals surface area contributed by atoms with E-state index >= 15 is 0 Å². The minimum atomic E-state index is -1.02. The van der Waals surface area contributed by atoms with Crippen LogP contribution in [0.5, 0.6) is 0 Å². The number of rotatable bonds is 5. The van der Waals surface area contributed by atoms with Crippen molar-refractivity contribution in [1.29, 1.82) is 0 Å². The van der Waals surface area contributed by atoms with Crippen LogP contribution in [0.15, 0.2) is 48.5 Å². The lowest BCUT2D eigenvalue weighted by atomic mass is 9.86. The van der Waals surface area contributed by atoms with Gasteiger partial charge in [0, 0.05) is 23.7 Å². The zero-order chi connectivity index (χ0) is 22.6. The van der Waals surface area contributed by atoms with Gasteiger partial charge in [0.1, 0.15) is 5.54 Å². The van der Waals surface area contributed by atoms with Crippen molar-refractivity contribution in [2.45, 2.75) is 51.6 Å². The summed E-state index contributed by atoms with van der Waals surface area (Å²) in [4.78, 5) is 40.5. The molecule has 6 nitrogen and oxygen atoms in total. The number of halogens is 1. The SMILES string of the molecule is CC(C)NC(=O)c1ccc(Cl)c(NC(=O)C2(C)CCCCN2C(=O)c2ccccc2)c1. The van der Waals surface area contributed by atoms with Gasteiger partial charge in [0.15, 0.2) is 0 Å². The van der Waals surface area contributed by atoms with E-state index in [9.17, 15) is 14.4 Å². The lowest BCUT2D eigenvalue weighted by Crippen LogP contribution is -2.59. The Morgan fingerprint density at radius 1 is 1.03 bits per heavy atom. The fraction of sp³-hybridized carbons (Fsp3) is 0.375. The summed E-state index contributed by atoms with van der Waals surface area (Å²) in [6.45, 7) is 6.03. The predicted octanol–water partition coefficient (Wildman–Crippen LogP) is 4.50. The molecule has 0 bridgehead atoms. The molecule has 1 heterocycles. The van der Waals surface area contributed by atoms with Gasteiger partial charge in [-0.15, -0.1) is 0 Å². The molecule has 0 aliphatic carbocycles. The maximum atomic E-state index is 13.4. The molecule has 2 N–H and O–H groups in total. The second-order valence-electron chi connectivity index (χ2n) is 8.33. The number of carbonyl (C=O) groups is 3. The zero-order valence-electron chi connectivity index (χ0n) is 18.1. The van der Waals surface area contributed by atoms with E-state index in [2.05, 4.69) is 10.6 Å². The van der Waals surface area contributed by atoms with Crippen molar-refractivity contribution in [2.24, 2.45) is 0 Å². The summed E-state index contributed by atoms with van der Waals surface area (Å²) < 4.78 is 0. The zero-order valence-corrected chi connectivity index (χ0v) is 18.8. The minimum absolute atomic E-state index is 0.0140. The second kappa shape index (κ2) is 9.52. The van der Waals surface area contributed by atoms with Gasteiger partial charge in [-0.3, -0.25) is 14.4 Å². The number of benzene rings is 2. The molecule has 1 fully saturated rings. The van der Waals surface area contributed by atoms with E-state index in [1.165, 1.54) is 0 Å². The van der Waals surface area contributed by atoms with Crippen LogP contribution in [0.3, 0.4) is 0 Å². The molecule has 3 rings (SSSR count). The van der Waals surface area contributed by atoms with E-state index < -0.39 is 5.54 Å². The fourth-order valence-electron chi connectivity index (χ4n) is 3.78. The molecule has 1 aliphatic rings. The van der Waals surface area contributed by atoms with Crippen LogP contribution >= 0.6 is 11.6 Å². The Kier molecular flexibility index (Phi) is 7.01. The van der Waals surface area contributed by atoms with Gasteiger partial charge in [-0.2, -0.15) is 0 Å². The predicted molar refractivity (Wildman–Crippen MR) is 122 cm³/mol. The van der Waals surface area contributed by atoms with E-state index in [1.54, 1.807) is 42.2 Å². The van der Waals surface area contributed by atoms with Crippen LogP contribution in [0.4, 0.5) is 5.69 Å². The third kappa shape index (κ3) is 5.07. The fourth-order valence-corrected chi connectivity index (χ4v) is 3.95. The summed E-state index contributed by atoms with van der Waals surface area (Å²) in [6, 6.07) is 13.7.